The number of nitrogens with one attached hydrogen (secondary N) is 2. The van der Waals surface area contributed by atoms with Crippen LogP contribution in [0.4, 0.5) is 10.1 Å². The lowest BCUT2D eigenvalue weighted by Crippen LogP contribution is -2.40. The molecule has 2 unspecified atom stereocenters. The number of carbonyl (C=O) groups is 1. The van der Waals surface area contributed by atoms with Crippen LogP contribution in [0.25, 0.3) is 0 Å². The summed E-state index contributed by atoms with van der Waals surface area (Å²) in [6, 6.07) is 4.29. The van der Waals surface area contributed by atoms with E-state index in [1.807, 2.05) is 27.7 Å². The fourth-order valence-corrected chi connectivity index (χ4v) is 2.31. The quantitative estimate of drug-likeness (QED) is 0.840. The molecule has 0 aliphatic carbocycles. The van der Waals surface area contributed by atoms with E-state index in [2.05, 4.69) is 10.0 Å². The highest BCUT2D eigenvalue weighted by molar-refractivity contribution is 7.90. The van der Waals surface area contributed by atoms with E-state index in [0.717, 1.165) is 0 Å². The second kappa shape index (κ2) is 6.56. The minimum absolute atomic E-state index is 0.144. The van der Waals surface area contributed by atoms with Gasteiger partial charge in [0.05, 0.1) is 11.7 Å². The van der Waals surface area contributed by atoms with Crippen LogP contribution in [-0.4, -0.2) is 15.2 Å². The molecule has 0 aromatic heterocycles. The minimum atomic E-state index is -1.23. The Morgan fingerprint density at radius 3 is 2.45 bits per heavy atom. The summed E-state index contributed by atoms with van der Waals surface area (Å²) in [6.07, 6.45) is 0. The molecular formula is C14H21FN2O2S. The van der Waals surface area contributed by atoms with Crippen molar-refractivity contribution in [2.45, 2.75) is 45.4 Å². The molecule has 1 amide bonds. The van der Waals surface area contributed by atoms with Gasteiger partial charge in [-0.15, -0.1) is 4.72 Å². The molecule has 20 heavy (non-hydrogen) atoms. The monoisotopic (exact) mass is 300 g/mol. The van der Waals surface area contributed by atoms with Gasteiger partial charge in [0, 0.05) is 18.3 Å². The van der Waals surface area contributed by atoms with E-state index in [9.17, 15) is 13.7 Å². The van der Waals surface area contributed by atoms with Gasteiger partial charge in [-0.05, 0) is 45.4 Å². The number of benzene rings is 1. The second-order valence-electron chi connectivity index (χ2n) is 5.64. The maximum atomic E-state index is 13.8. The molecule has 2 atom stereocenters. The Morgan fingerprint density at radius 2 is 2.00 bits per heavy atom. The molecule has 0 radical (unpaired) electrons. The summed E-state index contributed by atoms with van der Waals surface area (Å²) in [4.78, 5) is 10.9. The lowest BCUT2D eigenvalue weighted by molar-refractivity contribution is -0.114. The average molecular weight is 300 g/mol. The van der Waals surface area contributed by atoms with Crippen molar-refractivity contribution in [3.8, 4) is 0 Å². The number of amides is 1. The molecule has 0 saturated carbocycles. The summed E-state index contributed by atoms with van der Waals surface area (Å²) in [5.41, 5.74) is 0.819. The highest BCUT2D eigenvalue weighted by Crippen LogP contribution is 2.23. The zero-order valence-corrected chi connectivity index (χ0v) is 13.2. The van der Waals surface area contributed by atoms with Gasteiger partial charge in [0.2, 0.25) is 5.91 Å². The molecule has 2 N–H and O–H groups in total. The molecule has 4 nitrogen and oxygen atoms in total. The van der Waals surface area contributed by atoms with E-state index in [1.54, 1.807) is 6.07 Å². The van der Waals surface area contributed by atoms with Gasteiger partial charge in [0.25, 0.3) is 0 Å². The number of anilines is 1. The predicted octanol–water partition coefficient (Wildman–Crippen LogP) is 2.90. The molecule has 1 aromatic rings. The van der Waals surface area contributed by atoms with Crippen LogP contribution < -0.4 is 10.0 Å². The summed E-state index contributed by atoms with van der Waals surface area (Å²) in [7, 11) is 0. The molecule has 112 valence electrons. The van der Waals surface area contributed by atoms with Crippen molar-refractivity contribution >= 4 is 23.0 Å². The lowest BCUT2D eigenvalue weighted by Gasteiger charge is -2.26. The van der Waals surface area contributed by atoms with Gasteiger partial charge < -0.3 is 9.87 Å². The van der Waals surface area contributed by atoms with Crippen molar-refractivity contribution in [2.24, 2.45) is 0 Å². The number of halogens is 1. The summed E-state index contributed by atoms with van der Waals surface area (Å²) >= 11 is -1.23. The van der Waals surface area contributed by atoms with Crippen LogP contribution in [0.15, 0.2) is 18.2 Å². The van der Waals surface area contributed by atoms with Crippen LogP contribution >= 0.6 is 0 Å². The molecule has 0 aliphatic heterocycles. The molecule has 6 heteroatoms. The van der Waals surface area contributed by atoms with Crippen molar-refractivity contribution in [2.75, 3.05) is 5.32 Å². The Hall–Kier alpha value is -1.11. The maximum absolute atomic E-state index is 13.8. The fourth-order valence-electron chi connectivity index (χ4n) is 1.50. The number of hydrogen-bond donors (Lipinski definition) is 2. The molecule has 0 fully saturated rings. The first kappa shape index (κ1) is 16.9. The fraction of sp³-hybridized carbons (Fsp3) is 0.500. The smallest absolute Gasteiger partial charge is 0.221 e. The Bertz CT molecular complexity index is 489. The van der Waals surface area contributed by atoms with E-state index >= 15 is 0 Å². The first-order valence-electron chi connectivity index (χ1n) is 6.36. The van der Waals surface area contributed by atoms with E-state index in [4.69, 9.17) is 0 Å². The first-order chi connectivity index (χ1) is 9.11. The summed E-state index contributed by atoms with van der Waals surface area (Å²) in [5, 5.41) is 2.41. The average Bonchev–Trinajstić information content (AvgIpc) is 2.29. The molecule has 0 saturated heterocycles. The number of rotatable bonds is 4. The van der Waals surface area contributed by atoms with E-state index in [0.29, 0.717) is 5.56 Å². The van der Waals surface area contributed by atoms with Gasteiger partial charge in [-0.1, -0.05) is 6.07 Å². The molecule has 0 bridgehead atoms. The van der Waals surface area contributed by atoms with Gasteiger partial charge in [0.15, 0.2) is 0 Å². The van der Waals surface area contributed by atoms with Crippen LogP contribution in [0.1, 0.15) is 46.2 Å². The van der Waals surface area contributed by atoms with Gasteiger partial charge >= 0.3 is 0 Å². The van der Waals surface area contributed by atoms with Crippen molar-refractivity contribution < 1.29 is 13.7 Å². The summed E-state index contributed by atoms with van der Waals surface area (Å²) in [5.74, 6) is -0.829. The van der Waals surface area contributed by atoms with Crippen molar-refractivity contribution in [3.05, 3.63) is 29.6 Å². The molecule has 0 aliphatic rings. The highest BCUT2D eigenvalue weighted by Gasteiger charge is 2.28. The number of carbonyl (C=O) groups excluding carboxylic acids is 1. The molecule has 0 heterocycles. The van der Waals surface area contributed by atoms with Crippen molar-refractivity contribution in [3.63, 3.8) is 0 Å². The normalized spacial score (nSPS) is 14.8. The Balaban J connectivity index is 2.82. The van der Waals surface area contributed by atoms with Gasteiger partial charge in [-0.3, -0.25) is 4.79 Å². The molecular weight excluding hydrogens is 279 g/mol. The van der Waals surface area contributed by atoms with Crippen LogP contribution in [-0.2, 0) is 16.2 Å². The minimum Gasteiger partial charge on any atom is -0.598 e. The highest BCUT2D eigenvalue weighted by atomic mass is 32.2. The summed E-state index contributed by atoms with van der Waals surface area (Å²) in [6.45, 7) is 8.73. The van der Waals surface area contributed by atoms with Crippen LogP contribution in [0.5, 0.6) is 0 Å². The zero-order chi connectivity index (χ0) is 15.5. The third-order valence-electron chi connectivity index (χ3n) is 2.64. The third kappa shape index (κ3) is 4.77. The Morgan fingerprint density at radius 1 is 1.40 bits per heavy atom. The lowest BCUT2D eigenvalue weighted by atomic mass is 10.1. The molecule has 0 spiro atoms. The van der Waals surface area contributed by atoms with Crippen molar-refractivity contribution in [1.29, 1.82) is 0 Å². The second-order valence-corrected chi connectivity index (χ2v) is 7.64. The van der Waals surface area contributed by atoms with Crippen molar-refractivity contribution in [1.82, 2.24) is 4.72 Å². The largest absolute Gasteiger partial charge is 0.598 e. The van der Waals surface area contributed by atoms with E-state index in [-0.39, 0.29) is 22.4 Å². The standard InChI is InChI=1S/C14H21FN2O2S/c1-9(17-20(19)14(3,4)5)11-6-7-13(12(15)8-11)16-10(2)18/h6-9,17H,1-5H3,(H,16,18). The Kier molecular flexibility index (Phi) is 5.56. The van der Waals surface area contributed by atoms with Crippen LogP contribution in [0.3, 0.4) is 0 Å². The SMILES string of the molecule is CC(=O)Nc1ccc(C(C)N[S+]([O-])C(C)(C)C)cc1F. The molecule has 1 aromatic carbocycles. The van der Waals surface area contributed by atoms with Gasteiger partial charge in [-0.2, -0.15) is 0 Å². The van der Waals surface area contributed by atoms with Crippen LogP contribution in [0.2, 0.25) is 0 Å². The van der Waals surface area contributed by atoms with Crippen LogP contribution in [0, 0.1) is 5.82 Å². The van der Waals surface area contributed by atoms with Gasteiger partial charge in [-0.25, -0.2) is 4.39 Å². The topological polar surface area (TPSA) is 64.2 Å². The first-order valence-corrected chi connectivity index (χ1v) is 7.51. The van der Waals surface area contributed by atoms with E-state index < -0.39 is 17.2 Å². The Labute approximate surface area is 122 Å². The predicted molar refractivity (Wildman–Crippen MR) is 80.1 cm³/mol. The molecule has 1 rings (SSSR count). The van der Waals surface area contributed by atoms with E-state index in [1.165, 1.54) is 19.1 Å². The van der Waals surface area contributed by atoms with Gasteiger partial charge in [0.1, 0.15) is 10.6 Å². The number of hydrogen-bond acceptors (Lipinski definition) is 3. The zero-order valence-electron chi connectivity index (χ0n) is 12.4. The maximum Gasteiger partial charge on any atom is 0.221 e. The summed E-state index contributed by atoms with van der Waals surface area (Å²) < 4.78 is 28.4. The third-order valence-corrected chi connectivity index (χ3v) is 4.32.